The van der Waals surface area contributed by atoms with Gasteiger partial charge in [0.25, 0.3) is 0 Å². The maximum atomic E-state index is 12.8. The summed E-state index contributed by atoms with van der Waals surface area (Å²) in [6, 6.07) is 6.43. The molecule has 2 aliphatic heterocycles. The topological polar surface area (TPSA) is 66.5 Å². The summed E-state index contributed by atoms with van der Waals surface area (Å²) >= 11 is 0. The molecule has 0 spiro atoms. The van der Waals surface area contributed by atoms with Crippen LogP contribution in [0.5, 0.6) is 11.5 Å². The first-order valence-electron chi connectivity index (χ1n) is 10.2. The Balaban J connectivity index is 1.61. The summed E-state index contributed by atoms with van der Waals surface area (Å²) in [6.45, 7) is 1.80. The van der Waals surface area contributed by atoms with Crippen LogP contribution in [-0.2, 0) is 23.6 Å². The molecule has 0 amide bonds. The third-order valence-electron chi connectivity index (χ3n) is 6.39. The molecule has 4 rings (SSSR count). The molecule has 1 aromatic rings. The summed E-state index contributed by atoms with van der Waals surface area (Å²) in [5.74, 6) is 2.17. The molecule has 0 N–H and O–H groups in total. The van der Waals surface area contributed by atoms with E-state index < -0.39 is 7.82 Å². The lowest BCUT2D eigenvalue weighted by molar-refractivity contribution is 0.138. The van der Waals surface area contributed by atoms with Crippen molar-refractivity contribution in [3.63, 3.8) is 0 Å². The van der Waals surface area contributed by atoms with Crippen LogP contribution in [0.4, 0.5) is 0 Å². The van der Waals surface area contributed by atoms with E-state index in [0.29, 0.717) is 25.4 Å². The molecule has 7 nitrogen and oxygen atoms in total. The highest BCUT2D eigenvalue weighted by Crippen LogP contribution is 2.56. The Morgan fingerprint density at radius 1 is 1.14 bits per heavy atom. The second-order valence-corrected chi connectivity index (χ2v) is 9.56. The summed E-state index contributed by atoms with van der Waals surface area (Å²) in [5, 5.41) is 0. The molecule has 8 heteroatoms. The Morgan fingerprint density at radius 2 is 1.86 bits per heavy atom. The molecule has 2 unspecified atom stereocenters. The van der Waals surface area contributed by atoms with Gasteiger partial charge in [-0.3, -0.25) is 9.05 Å². The Kier molecular flexibility index (Phi) is 5.94. The van der Waals surface area contributed by atoms with Crippen LogP contribution in [0.2, 0.25) is 0 Å². The maximum absolute atomic E-state index is 12.8. The Morgan fingerprint density at radius 3 is 2.55 bits per heavy atom. The molecule has 0 aromatic heterocycles. The van der Waals surface area contributed by atoms with Gasteiger partial charge >= 0.3 is 7.82 Å². The standard InChI is InChI=1S/C21H30NO6P/c1-22-11-10-21(16-6-7-18(24-2)19(14-16)25-3)9-8-17(15-20(21)22)28-29(23)26-12-4-5-13-27-29/h6-8,14,20H,4-5,9-13,15H2,1-3H3. The lowest BCUT2D eigenvalue weighted by Gasteiger charge is -2.41. The SMILES string of the molecule is COc1ccc(C23CC=C(OP4(=O)OCCCCO4)CC2N(C)CC3)cc1OC. The number of likely N-dealkylation sites (tertiary alicyclic amines) is 1. The van der Waals surface area contributed by atoms with Gasteiger partial charge in [0, 0.05) is 17.9 Å². The number of hydrogen-bond donors (Lipinski definition) is 0. The molecular formula is C21H30NO6P. The quantitative estimate of drug-likeness (QED) is 0.655. The highest BCUT2D eigenvalue weighted by atomic mass is 31.2. The van der Waals surface area contributed by atoms with Crippen LogP contribution in [0.1, 0.15) is 37.7 Å². The van der Waals surface area contributed by atoms with Crippen LogP contribution in [-0.4, -0.2) is 52.0 Å². The number of hydrogen-bond acceptors (Lipinski definition) is 7. The summed E-state index contributed by atoms with van der Waals surface area (Å²) < 4.78 is 40.5. The van der Waals surface area contributed by atoms with Gasteiger partial charge in [-0.1, -0.05) is 6.07 Å². The third-order valence-corrected chi connectivity index (χ3v) is 7.85. The fourth-order valence-corrected chi connectivity index (χ4v) is 6.07. The first-order chi connectivity index (χ1) is 14.0. The van der Waals surface area contributed by atoms with Crippen molar-refractivity contribution in [1.29, 1.82) is 0 Å². The van der Waals surface area contributed by atoms with Gasteiger partial charge in [-0.05, 0) is 63.0 Å². The monoisotopic (exact) mass is 423 g/mol. The van der Waals surface area contributed by atoms with Gasteiger partial charge in [-0.15, -0.1) is 0 Å². The zero-order valence-corrected chi connectivity index (χ0v) is 18.3. The van der Waals surface area contributed by atoms with Crippen LogP contribution in [0.3, 0.4) is 0 Å². The van der Waals surface area contributed by atoms with E-state index in [9.17, 15) is 4.57 Å². The molecule has 2 saturated heterocycles. The lowest BCUT2D eigenvalue weighted by Crippen LogP contribution is -2.43. The number of rotatable bonds is 5. The average Bonchev–Trinajstić information content (AvgIpc) is 2.92. The fraction of sp³-hybridized carbons (Fsp3) is 0.619. The Labute approximate surface area is 172 Å². The highest BCUT2D eigenvalue weighted by molar-refractivity contribution is 7.48. The summed E-state index contributed by atoms with van der Waals surface area (Å²) in [4.78, 5) is 2.36. The van der Waals surface area contributed by atoms with Crippen LogP contribution < -0.4 is 9.47 Å². The van der Waals surface area contributed by atoms with Crippen LogP contribution in [0.25, 0.3) is 0 Å². The average molecular weight is 423 g/mol. The summed E-state index contributed by atoms with van der Waals surface area (Å²) in [5.41, 5.74) is 1.19. The fourth-order valence-electron chi connectivity index (χ4n) is 4.74. The van der Waals surface area contributed by atoms with E-state index in [4.69, 9.17) is 23.0 Å². The highest BCUT2D eigenvalue weighted by Gasteiger charge is 2.50. The number of methoxy groups -OCH3 is 2. The van der Waals surface area contributed by atoms with E-state index in [1.54, 1.807) is 14.2 Å². The summed E-state index contributed by atoms with van der Waals surface area (Å²) in [7, 11) is 1.92. The predicted molar refractivity (Wildman–Crippen MR) is 109 cm³/mol. The van der Waals surface area contributed by atoms with E-state index in [0.717, 1.165) is 43.7 Å². The van der Waals surface area contributed by atoms with Gasteiger partial charge in [0.05, 0.1) is 27.4 Å². The van der Waals surface area contributed by atoms with Crippen molar-refractivity contribution in [3.05, 3.63) is 35.6 Å². The molecule has 2 atom stereocenters. The zero-order valence-electron chi connectivity index (χ0n) is 17.4. The van der Waals surface area contributed by atoms with Gasteiger partial charge in [0.2, 0.25) is 0 Å². The molecule has 2 fully saturated rings. The molecule has 1 aliphatic carbocycles. The molecule has 1 aromatic carbocycles. The minimum Gasteiger partial charge on any atom is -0.493 e. The molecule has 0 saturated carbocycles. The number of allylic oxidation sites excluding steroid dienone is 1. The zero-order chi connectivity index (χ0) is 20.5. The van der Waals surface area contributed by atoms with Crippen molar-refractivity contribution >= 4 is 7.82 Å². The van der Waals surface area contributed by atoms with Crippen molar-refractivity contribution in [1.82, 2.24) is 4.90 Å². The Bertz CT molecular complexity index is 815. The molecule has 160 valence electrons. The first kappa shape index (κ1) is 20.7. The van der Waals surface area contributed by atoms with E-state index >= 15 is 0 Å². The molecular weight excluding hydrogens is 393 g/mol. The number of fused-ring (bicyclic) bond motifs is 1. The Hall–Kier alpha value is -1.53. The number of phosphoric ester groups is 1. The van der Waals surface area contributed by atoms with E-state index in [-0.39, 0.29) is 11.5 Å². The van der Waals surface area contributed by atoms with Crippen molar-refractivity contribution < 1.29 is 27.6 Å². The molecule has 0 radical (unpaired) electrons. The summed E-state index contributed by atoms with van der Waals surface area (Å²) in [6.07, 6.45) is 6.23. The van der Waals surface area contributed by atoms with Gasteiger partial charge in [-0.25, -0.2) is 4.57 Å². The molecule has 0 bridgehead atoms. The van der Waals surface area contributed by atoms with E-state index in [1.807, 2.05) is 6.07 Å². The molecule has 3 aliphatic rings. The normalized spacial score (nSPS) is 29.5. The number of nitrogens with zero attached hydrogens (tertiary/aromatic N) is 1. The van der Waals surface area contributed by atoms with E-state index in [2.05, 4.69) is 30.2 Å². The van der Waals surface area contributed by atoms with E-state index in [1.165, 1.54) is 5.56 Å². The maximum Gasteiger partial charge on any atom is 0.529 e. The molecule has 29 heavy (non-hydrogen) atoms. The van der Waals surface area contributed by atoms with Crippen molar-refractivity contribution in [2.45, 2.75) is 43.6 Å². The second-order valence-electron chi connectivity index (χ2n) is 7.96. The van der Waals surface area contributed by atoms with Crippen molar-refractivity contribution in [2.75, 3.05) is 41.0 Å². The first-order valence-corrected chi connectivity index (χ1v) is 11.7. The third kappa shape index (κ3) is 3.93. The number of phosphoric acid groups is 1. The number of benzene rings is 1. The van der Waals surface area contributed by atoms with Crippen molar-refractivity contribution in [3.8, 4) is 11.5 Å². The van der Waals surface area contributed by atoms with Crippen LogP contribution in [0.15, 0.2) is 30.0 Å². The smallest absolute Gasteiger partial charge is 0.493 e. The molecule has 2 heterocycles. The lowest BCUT2D eigenvalue weighted by atomic mass is 9.68. The number of ether oxygens (including phenoxy) is 2. The minimum atomic E-state index is -3.52. The van der Waals surface area contributed by atoms with Gasteiger partial charge in [-0.2, -0.15) is 0 Å². The minimum absolute atomic E-state index is 0.0409. The van der Waals surface area contributed by atoms with Gasteiger partial charge < -0.3 is 18.9 Å². The largest absolute Gasteiger partial charge is 0.529 e. The predicted octanol–water partition coefficient (Wildman–Crippen LogP) is 4.28. The number of likely N-dealkylation sites (N-methyl/N-ethyl adjacent to an activating group) is 1. The van der Waals surface area contributed by atoms with Crippen molar-refractivity contribution in [2.24, 2.45) is 0 Å². The van der Waals surface area contributed by atoms with Crippen LogP contribution >= 0.6 is 7.82 Å². The van der Waals surface area contributed by atoms with Gasteiger partial charge in [0.15, 0.2) is 11.5 Å². The second kappa shape index (κ2) is 8.31. The van der Waals surface area contributed by atoms with Gasteiger partial charge in [0.1, 0.15) is 5.76 Å². The van der Waals surface area contributed by atoms with Crippen LogP contribution in [0, 0.1) is 0 Å².